The van der Waals surface area contributed by atoms with E-state index in [0.717, 1.165) is 0 Å². The summed E-state index contributed by atoms with van der Waals surface area (Å²) in [6.45, 7) is 0.0221. The Kier molecular flexibility index (Phi) is 2.86. The number of methoxy groups -OCH3 is 2. The summed E-state index contributed by atoms with van der Waals surface area (Å²) >= 11 is 0. The molecule has 1 N–H and O–H groups in total. The van der Waals surface area contributed by atoms with Gasteiger partial charge in [0.2, 0.25) is 5.91 Å². The molecule has 0 aliphatic carbocycles. The monoisotopic (exact) mass is 236 g/mol. The Balaban J connectivity index is 2.33. The number of imide groups is 1. The molecule has 6 nitrogen and oxygen atoms in total. The third-order valence-corrected chi connectivity index (χ3v) is 2.47. The molecule has 0 atom stereocenters. The molecule has 0 spiro atoms. The third kappa shape index (κ3) is 2.01. The Morgan fingerprint density at radius 1 is 1.18 bits per heavy atom. The van der Waals surface area contributed by atoms with Crippen LogP contribution in [0.5, 0.6) is 11.5 Å². The van der Waals surface area contributed by atoms with Crippen LogP contribution in [0.15, 0.2) is 18.2 Å². The molecule has 90 valence electrons. The highest BCUT2D eigenvalue weighted by Gasteiger charge is 2.28. The van der Waals surface area contributed by atoms with Crippen LogP contribution in [0.3, 0.4) is 0 Å². The number of ether oxygens (including phenoxy) is 2. The first kappa shape index (κ1) is 11.3. The van der Waals surface area contributed by atoms with Gasteiger partial charge in [-0.3, -0.25) is 15.0 Å². The van der Waals surface area contributed by atoms with Gasteiger partial charge in [0.05, 0.1) is 14.2 Å². The lowest BCUT2D eigenvalue weighted by molar-refractivity contribution is -0.117. The lowest BCUT2D eigenvalue weighted by Crippen LogP contribution is -2.27. The first-order chi connectivity index (χ1) is 8.15. The average Bonchev–Trinajstić information content (AvgIpc) is 2.67. The van der Waals surface area contributed by atoms with Crippen molar-refractivity contribution in [3.8, 4) is 11.5 Å². The van der Waals surface area contributed by atoms with Gasteiger partial charge < -0.3 is 9.47 Å². The second kappa shape index (κ2) is 4.32. The number of carbonyl (C=O) groups is 2. The smallest absolute Gasteiger partial charge is 0.329 e. The summed E-state index contributed by atoms with van der Waals surface area (Å²) in [5.41, 5.74) is 0.589. The van der Waals surface area contributed by atoms with Gasteiger partial charge in [0.15, 0.2) is 11.5 Å². The standard InChI is InChI=1S/C11H12N2O4/c1-16-8-4-3-7(5-9(8)17-2)13-6-10(14)12-11(13)15/h3-5H,6H2,1-2H3,(H,12,14,15). The molecule has 17 heavy (non-hydrogen) atoms. The Morgan fingerprint density at radius 3 is 2.41 bits per heavy atom. The van der Waals surface area contributed by atoms with E-state index in [9.17, 15) is 9.59 Å². The fourth-order valence-electron chi connectivity index (χ4n) is 1.64. The van der Waals surface area contributed by atoms with Crippen LogP contribution in [0.2, 0.25) is 0 Å². The van der Waals surface area contributed by atoms with E-state index in [1.54, 1.807) is 18.2 Å². The van der Waals surface area contributed by atoms with Gasteiger partial charge >= 0.3 is 6.03 Å². The summed E-state index contributed by atoms with van der Waals surface area (Å²) in [5, 5.41) is 2.21. The van der Waals surface area contributed by atoms with E-state index in [2.05, 4.69) is 5.32 Å². The number of hydrogen-bond donors (Lipinski definition) is 1. The van der Waals surface area contributed by atoms with Crippen LogP contribution in [-0.2, 0) is 4.79 Å². The topological polar surface area (TPSA) is 67.9 Å². The lowest BCUT2D eigenvalue weighted by Gasteiger charge is -2.15. The van der Waals surface area contributed by atoms with E-state index in [-0.39, 0.29) is 12.5 Å². The van der Waals surface area contributed by atoms with Gasteiger partial charge in [0, 0.05) is 11.8 Å². The van der Waals surface area contributed by atoms with Gasteiger partial charge in [-0.1, -0.05) is 0 Å². The minimum atomic E-state index is -0.429. The number of nitrogens with zero attached hydrogens (tertiary/aromatic N) is 1. The first-order valence-corrected chi connectivity index (χ1v) is 4.99. The number of benzene rings is 1. The van der Waals surface area contributed by atoms with E-state index in [4.69, 9.17) is 9.47 Å². The first-order valence-electron chi connectivity index (χ1n) is 4.99. The molecule has 0 bridgehead atoms. The van der Waals surface area contributed by atoms with E-state index < -0.39 is 6.03 Å². The maximum atomic E-state index is 11.5. The zero-order valence-electron chi connectivity index (χ0n) is 9.52. The molecule has 1 fully saturated rings. The highest BCUT2D eigenvalue weighted by Crippen LogP contribution is 2.31. The maximum Gasteiger partial charge on any atom is 0.329 e. The lowest BCUT2D eigenvalue weighted by atomic mass is 10.2. The summed E-state index contributed by atoms with van der Waals surface area (Å²) in [6.07, 6.45) is 0. The van der Waals surface area contributed by atoms with Crippen molar-refractivity contribution in [1.29, 1.82) is 0 Å². The van der Waals surface area contributed by atoms with Crippen molar-refractivity contribution < 1.29 is 19.1 Å². The van der Waals surface area contributed by atoms with Crippen LogP contribution in [0.1, 0.15) is 0 Å². The van der Waals surface area contributed by atoms with Gasteiger partial charge in [-0.2, -0.15) is 0 Å². The van der Waals surface area contributed by atoms with E-state index >= 15 is 0 Å². The highest BCUT2D eigenvalue weighted by molar-refractivity contribution is 6.12. The number of rotatable bonds is 3. The molecule has 3 amide bonds. The quantitative estimate of drug-likeness (QED) is 0.787. The molecule has 2 rings (SSSR count). The SMILES string of the molecule is COc1ccc(N2CC(=O)NC2=O)cc1OC. The fourth-order valence-corrected chi connectivity index (χ4v) is 1.64. The number of nitrogens with one attached hydrogen (secondary N) is 1. The van der Waals surface area contributed by atoms with Crippen LogP contribution in [0, 0.1) is 0 Å². The predicted molar refractivity (Wildman–Crippen MR) is 60.4 cm³/mol. The Labute approximate surface area is 98.1 Å². The molecular formula is C11H12N2O4. The molecule has 1 saturated heterocycles. The number of urea groups is 1. The summed E-state index contributed by atoms with van der Waals surface area (Å²) in [7, 11) is 3.04. The highest BCUT2D eigenvalue weighted by atomic mass is 16.5. The molecule has 0 saturated carbocycles. The maximum absolute atomic E-state index is 11.5. The van der Waals surface area contributed by atoms with Crippen molar-refractivity contribution in [2.45, 2.75) is 0 Å². The average molecular weight is 236 g/mol. The molecule has 1 aromatic rings. The van der Waals surface area contributed by atoms with Gasteiger partial charge in [0.1, 0.15) is 6.54 Å². The number of carbonyl (C=O) groups excluding carboxylic acids is 2. The second-order valence-electron chi connectivity index (χ2n) is 3.48. The molecule has 0 radical (unpaired) electrons. The third-order valence-electron chi connectivity index (χ3n) is 2.47. The molecule has 6 heteroatoms. The fraction of sp³-hybridized carbons (Fsp3) is 0.273. The number of amides is 3. The summed E-state index contributed by atoms with van der Waals surface area (Å²) in [6, 6.07) is 4.60. The van der Waals surface area contributed by atoms with Crippen molar-refractivity contribution in [2.24, 2.45) is 0 Å². The van der Waals surface area contributed by atoms with E-state index in [1.165, 1.54) is 19.1 Å². The molecule has 0 aromatic heterocycles. The molecule has 1 aromatic carbocycles. The van der Waals surface area contributed by atoms with Gasteiger partial charge in [-0.25, -0.2) is 4.79 Å². The van der Waals surface area contributed by atoms with Gasteiger partial charge in [-0.05, 0) is 12.1 Å². The number of anilines is 1. The van der Waals surface area contributed by atoms with Crippen LogP contribution in [0.25, 0.3) is 0 Å². The van der Waals surface area contributed by atoms with Crippen molar-refractivity contribution >= 4 is 17.6 Å². The van der Waals surface area contributed by atoms with Crippen molar-refractivity contribution in [3.63, 3.8) is 0 Å². The minimum absolute atomic E-state index is 0.0221. The van der Waals surface area contributed by atoms with E-state index in [1.807, 2.05) is 0 Å². The second-order valence-corrected chi connectivity index (χ2v) is 3.48. The number of hydrogen-bond acceptors (Lipinski definition) is 4. The normalized spacial score (nSPS) is 14.8. The van der Waals surface area contributed by atoms with Crippen molar-refractivity contribution in [3.05, 3.63) is 18.2 Å². The molecule has 1 aliphatic heterocycles. The van der Waals surface area contributed by atoms with Crippen LogP contribution >= 0.6 is 0 Å². The largest absolute Gasteiger partial charge is 0.493 e. The van der Waals surface area contributed by atoms with Crippen LogP contribution in [0.4, 0.5) is 10.5 Å². The van der Waals surface area contributed by atoms with Crippen molar-refractivity contribution in [2.75, 3.05) is 25.7 Å². The Bertz CT molecular complexity index is 473. The van der Waals surface area contributed by atoms with E-state index in [0.29, 0.717) is 17.2 Å². The molecule has 0 unspecified atom stereocenters. The van der Waals surface area contributed by atoms with Gasteiger partial charge in [0.25, 0.3) is 0 Å². The molecule has 1 heterocycles. The zero-order valence-corrected chi connectivity index (χ0v) is 9.52. The summed E-state index contributed by atoms with van der Waals surface area (Å²) in [5.74, 6) is 0.768. The van der Waals surface area contributed by atoms with Crippen LogP contribution in [-0.4, -0.2) is 32.7 Å². The predicted octanol–water partition coefficient (Wildman–Crippen LogP) is 0.760. The minimum Gasteiger partial charge on any atom is -0.493 e. The molecular weight excluding hydrogens is 224 g/mol. The Hall–Kier alpha value is -2.24. The van der Waals surface area contributed by atoms with Gasteiger partial charge in [-0.15, -0.1) is 0 Å². The molecule has 1 aliphatic rings. The van der Waals surface area contributed by atoms with Crippen molar-refractivity contribution in [1.82, 2.24) is 5.32 Å². The van der Waals surface area contributed by atoms with Crippen LogP contribution < -0.4 is 19.7 Å². The zero-order chi connectivity index (χ0) is 12.4. The summed E-state index contributed by atoms with van der Waals surface area (Å²) < 4.78 is 10.2. The summed E-state index contributed by atoms with van der Waals surface area (Å²) in [4.78, 5) is 23.9. The Morgan fingerprint density at radius 2 is 1.88 bits per heavy atom.